The molecule has 4 N–H and O–H groups in total. The fraction of sp³-hybridized carbons (Fsp3) is 1.00. The molecule has 3 atom stereocenters. The fourth-order valence-electron chi connectivity index (χ4n) is 2.22. The molecule has 0 aliphatic carbocycles. The lowest BCUT2D eigenvalue weighted by Crippen LogP contribution is -2.50. The first-order chi connectivity index (χ1) is 6.89. The lowest BCUT2D eigenvalue weighted by molar-refractivity contribution is -0.127. The van der Waals surface area contributed by atoms with Crippen LogP contribution in [0.3, 0.4) is 0 Å². The van der Waals surface area contributed by atoms with Gasteiger partial charge in [-0.1, -0.05) is 6.42 Å². The smallest absolute Gasteiger partial charge is 0.0617 e. The van der Waals surface area contributed by atoms with E-state index in [-0.39, 0.29) is 6.61 Å². The van der Waals surface area contributed by atoms with Gasteiger partial charge >= 0.3 is 0 Å². The first kappa shape index (κ1) is 14.8. The molecule has 0 rings (SSSR count). The summed E-state index contributed by atoms with van der Waals surface area (Å²) in [7, 11) is 0. The van der Waals surface area contributed by atoms with Crippen molar-refractivity contribution in [2.24, 2.45) is 5.41 Å². The van der Waals surface area contributed by atoms with Crippen LogP contribution in [0.5, 0.6) is 0 Å². The van der Waals surface area contributed by atoms with Crippen LogP contribution >= 0.6 is 0 Å². The predicted octanol–water partition coefficient (Wildman–Crippen LogP) is 0.278. The Morgan fingerprint density at radius 2 is 1.27 bits per heavy atom. The van der Waals surface area contributed by atoms with Gasteiger partial charge in [0.15, 0.2) is 0 Å². The summed E-state index contributed by atoms with van der Waals surface area (Å²) in [6.07, 6.45) is -0.547. The van der Waals surface area contributed by atoms with Gasteiger partial charge in [0.25, 0.3) is 0 Å². The highest BCUT2D eigenvalue weighted by atomic mass is 16.3. The average molecular weight is 220 g/mol. The lowest BCUT2D eigenvalue weighted by atomic mass is 9.70. The predicted molar refractivity (Wildman–Crippen MR) is 58.4 cm³/mol. The summed E-state index contributed by atoms with van der Waals surface area (Å²) in [6, 6.07) is 0. The van der Waals surface area contributed by atoms with Crippen LogP contribution in [0, 0.1) is 5.41 Å². The van der Waals surface area contributed by atoms with Crippen LogP contribution < -0.4 is 0 Å². The van der Waals surface area contributed by atoms with E-state index in [1.165, 1.54) is 0 Å². The van der Waals surface area contributed by atoms with Crippen molar-refractivity contribution in [2.75, 3.05) is 6.61 Å². The Bertz CT molecular complexity index is 144. The van der Waals surface area contributed by atoms with Crippen LogP contribution in [0.15, 0.2) is 0 Å². The van der Waals surface area contributed by atoms with E-state index in [0.717, 1.165) is 0 Å². The van der Waals surface area contributed by atoms with Crippen LogP contribution in [0.4, 0.5) is 0 Å². The van der Waals surface area contributed by atoms with E-state index in [9.17, 15) is 15.3 Å². The summed E-state index contributed by atoms with van der Waals surface area (Å²) in [5.74, 6) is 0. The standard InChI is InChI=1S/C11H24O4/c1-8(13)11(9(2)14,10(3)15)6-4-5-7-12/h8-10,12-15H,4-7H2,1-3H3. The van der Waals surface area contributed by atoms with Gasteiger partial charge in [-0.3, -0.25) is 0 Å². The Kier molecular flexibility index (Phi) is 6.36. The molecule has 0 aliphatic heterocycles. The molecule has 0 heterocycles. The quantitative estimate of drug-likeness (QED) is 0.464. The van der Waals surface area contributed by atoms with Crippen LogP contribution in [-0.4, -0.2) is 45.3 Å². The first-order valence-corrected chi connectivity index (χ1v) is 5.54. The molecule has 0 aliphatic rings. The van der Waals surface area contributed by atoms with E-state index in [4.69, 9.17) is 5.11 Å². The van der Waals surface area contributed by atoms with Crippen molar-refractivity contribution < 1.29 is 20.4 Å². The Morgan fingerprint density at radius 3 is 1.53 bits per heavy atom. The third-order valence-electron chi connectivity index (χ3n) is 3.35. The van der Waals surface area contributed by atoms with E-state index in [2.05, 4.69) is 0 Å². The number of aliphatic hydroxyl groups is 4. The summed E-state index contributed by atoms with van der Waals surface area (Å²) in [5.41, 5.74) is -0.894. The molecule has 0 saturated carbocycles. The van der Waals surface area contributed by atoms with Gasteiger partial charge < -0.3 is 20.4 Å². The average Bonchev–Trinajstić information content (AvgIpc) is 2.10. The van der Waals surface area contributed by atoms with E-state index in [1.54, 1.807) is 20.8 Å². The number of aliphatic hydroxyl groups excluding tert-OH is 4. The van der Waals surface area contributed by atoms with Crippen LogP contribution in [0.2, 0.25) is 0 Å². The Balaban J connectivity index is 4.65. The zero-order chi connectivity index (χ0) is 12.1. The van der Waals surface area contributed by atoms with Crippen LogP contribution in [0.25, 0.3) is 0 Å². The molecule has 0 fully saturated rings. The van der Waals surface area contributed by atoms with Crippen LogP contribution in [0.1, 0.15) is 40.0 Å². The highest BCUT2D eigenvalue weighted by Crippen LogP contribution is 2.36. The Hall–Kier alpha value is -0.160. The van der Waals surface area contributed by atoms with Crippen molar-refractivity contribution in [1.82, 2.24) is 0 Å². The largest absolute Gasteiger partial charge is 0.396 e. The minimum atomic E-state index is -0.894. The minimum Gasteiger partial charge on any atom is -0.396 e. The molecule has 0 aromatic carbocycles. The van der Waals surface area contributed by atoms with Crippen molar-refractivity contribution >= 4 is 0 Å². The third-order valence-corrected chi connectivity index (χ3v) is 3.35. The molecule has 0 amide bonds. The second kappa shape index (κ2) is 6.43. The van der Waals surface area contributed by atoms with E-state index in [1.807, 2.05) is 0 Å². The van der Waals surface area contributed by atoms with E-state index in [0.29, 0.717) is 19.3 Å². The molecule has 4 heteroatoms. The molecule has 0 saturated heterocycles. The topological polar surface area (TPSA) is 80.9 Å². The van der Waals surface area contributed by atoms with Gasteiger partial charge in [-0.05, 0) is 33.6 Å². The maximum Gasteiger partial charge on any atom is 0.0617 e. The summed E-state index contributed by atoms with van der Waals surface area (Å²) >= 11 is 0. The molecule has 0 aromatic rings. The van der Waals surface area contributed by atoms with E-state index >= 15 is 0 Å². The third kappa shape index (κ3) is 3.41. The number of hydrogen-bond acceptors (Lipinski definition) is 4. The van der Waals surface area contributed by atoms with E-state index < -0.39 is 23.7 Å². The molecular weight excluding hydrogens is 196 g/mol. The molecule has 92 valence electrons. The van der Waals surface area contributed by atoms with Gasteiger partial charge in [-0.15, -0.1) is 0 Å². The molecule has 0 radical (unpaired) electrons. The van der Waals surface area contributed by atoms with Gasteiger partial charge in [0.05, 0.1) is 18.3 Å². The van der Waals surface area contributed by atoms with Crippen LogP contribution in [-0.2, 0) is 0 Å². The summed E-state index contributed by atoms with van der Waals surface area (Å²) in [5, 5.41) is 37.9. The van der Waals surface area contributed by atoms with Gasteiger partial charge in [0.2, 0.25) is 0 Å². The zero-order valence-corrected chi connectivity index (χ0v) is 9.85. The molecule has 3 unspecified atom stereocenters. The fourth-order valence-corrected chi connectivity index (χ4v) is 2.22. The molecule has 4 nitrogen and oxygen atoms in total. The summed E-state index contributed by atoms with van der Waals surface area (Å²) in [4.78, 5) is 0. The highest BCUT2D eigenvalue weighted by molar-refractivity contribution is 4.93. The molecule has 0 bridgehead atoms. The maximum absolute atomic E-state index is 9.72. The summed E-state index contributed by atoms with van der Waals surface area (Å²) < 4.78 is 0. The first-order valence-electron chi connectivity index (χ1n) is 5.54. The molecule has 0 aromatic heterocycles. The van der Waals surface area contributed by atoms with Crippen molar-refractivity contribution in [3.8, 4) is 0 Å². The zero-order valence-electron chi connectivity index (χ0n) is 9.85. The Morgan fingerprint density at radius 1 is 0.867 bits per heavy atom. The second-order valence-electron chi connectivity index (χ2n) is 4.32. The minimum absolute atomic E-state index is 0.0928. The van der Waals surface area contributed by atoms with Gasteiger partial charge in [-0.25, -0.2) is 0 Å². The molecule has 0 spiro atoms. The molecular formula is C11H24O4. The van der Waals surface area contributed by atoms with Gasteiger partial charge in [0.1, 0.15) is 0 Å². The summed E-state index contributed by atoms with van der Waals surface area (Å²) in [6.45, 7) is 4.84. The maximum atomic E-state index is 9.72. The van der Waals surface area contributed by atoms with Crippen molar-refractivity contribution in [3.05, 3.63) is 0 Å². The lowest BCUT2D eigenvalue weighted by Gasteiger charge is -2.42. The number of rotatable bonds is 7. The SMILES string of the molecule is CC(O)C(CCCCO)(C(C)O)C(C)O. The van der Waals surface area contributed by atoms with Gasteiger partial charge in [0, 0.05) is 12.0 Å². The normalized spacial score (nSPS) is 21.8. The molecule has 15 heavy (non-hydrogen) atoms. The number of hydrogen-bond donors (Lipinski definition) is 4. The Labute approximate surface area is 91.6 Å². The number of unbranched alkanes of at least 4 members (excludes halogenated alkanes) is 1. The van der Waals surface area contributed by atoms with Crippen molar-refractivity contribution in [2.45, 2.75) is 58.3 Å². The highest BCUT2D eigenvalue weighted by Gasteiger charge is 2.43. The van der Waals surface area contributed by atoms with Crippen molar-refractivity contribution in [1.29, 1.82) is 0 Å². The van der Waals surface area contributed by atoms with Crippen molar-refractivity contribution in [3.63, 3.8) is 0 Å². The monoisotopic (exact) mass is 220 g/mol. The second-order valence-corrected chi connectivity index (χ2v) is 4.32. The van der Waals surface area contributed by atoms with Gasteiger partial charge in [-0.2, -0.15) is 0 Å².